The van der Waals surface area contributed by atoms with E-state index in [0.29, 0.717) is 22.2 Å². The second-order valence-electron chi connectivity index (χ2n) is 11.4. The third kappa shape index (κ3) is 7.38. The molecule has 2 aliphatic rings. The fourth-order valence-electron chi connectivity index (χ4n) is 5.81. The van der Waals surface area contributed by atoms with Crippen molar-refractivity contribution in [3.63, 3.8) is 0 Å². The highest BCUT2D eigenvalue weighted by Crippen LogP contribution is 2.41. The maximum absolute atomic E-state index is 14.3. The van der Waals surface area contributed by atoms with Crippen LogP contribution in [0.4, 0.5) is 10.5 Å². The molecule has 42 heavy (non-hydrogen) atoms. The highest BCUT2D eigenvalue weighted by Gasteiger charge is 2.38. The largest absolute Gasteiger partial charge is 0.516 e. The first-order valence-electron chi connectivity index (χ1n) is 14.8. The number of anilines is 1. The van der Waals surface area contributed by atoms with Crippen molar-refractivity contribution in [1.82, 2.24) is 0 Å². The molecule has 222 valence electrons. The number of hydrogen-bond donors (Lipinski definition) is 1. The summed E-state index contributed by atoms with van der Waals surface area (Å²) in [6.45, 7) is 3.57. The van der Waals surface area contributed by atoms with Crippen LogP contribution < -0.4 is 14.5 Å². The van der Waals surface area contributed by atoms with Gasteiger partial charge in [0.2, 0.25) is 12.7 Å². The molecular weight excluding hydrogens is 552 g/mol. The average Bonchev–Trinajstić information content (AvgIpc) is 3.44. The van der Waals surface area contributed by atoms with Gasteiger partial charge in [-0.2, -0.15) is 0 Å². The number of nitrogens with one attached hydrogen (secondary N) is 1. The highest BCUT2D eigenvalue weighted by molar-refractivity contribution is 7.18. The van der Waals surface area contributed by atoms with Crippen molar-refractivity contribution in [3.05, 3.63) is 71.6 Å². The van der Waals surface area contributed by atoms with Crippen LogP contribution in [-0.4, -0.2) is 51.0 Å². The van der Waals surface area contributed by atoms with Crippen molar-refractivity contribution < 1.29 is 33.5 Å². The summed E-state index contributed by atoms with van der Waals surface area (Å²) in [7, 11) is 2.18. The normalized spacial score (nSPS) is 22.1. The minimum Gasteiger partial charge on any atom is -0.423 e. The number of hydrogen-bond acceptors (Lipinski definition) is 7. The SMILES string of the molecule is CC1CCC(C(=O)N(c2cc(-c3ccccc3)sc2C(=O)OCOC(=O)Oc2ccccc2)C2CC[NH+](C)CC2)CC1. The molecule has 1 aromatic heterocycles. The number of rotatable bonds is 8. The number of benzene rings is 2. The van der Waals surface area contributed by atoms with E-state index in [1.807, 2.05) is 41.3 Å². The number of thiophene rings is 1. The summed E-state index contributed by atoms with van der Waals surface area (Å²) >= 11 is 1.29. The van der Waals surface area contributed by atoms with Gasteiger partial charge in [0.1, 0.15) is 10.6 Å². The zero-order valence-corrected chi connectivity index (χ0v) is 25.1. The molecule has 0 radical (unpaired) electrons. The van der Waals surface area contributed by atoms with Gasteiger partial charge in [-0.15, -0.1) is 11.3 Å². The molecule has 2 aromatic carbocycles. The number of carbonyl (C=O) groups is 3. The van der Waals surface area contributed by atoms with Crippen molar-refractivity contribution in [2.75, 3.05) is 31.8 Å². The number of nitrogens with zero attached hydrogens (tertiary/aromatic N) is 1. The highest BCUT2D eigenvalue weighted by atomic mass is 32.1. The number of ether oxygens (including phenoxy) is 3. The predicted molar refractivity (Wildman–Crippen MR) is 162 cm³/mol. The molecule has 3 aromatic rings. The lowest BCUT2D eigenvalue weighted by molar-refractivity contribution is -0.884. The standard InChI is InChI=1S/C33H38N2O6S/c1-23-13-15-25(16-14-23)31(36)35(26-17-19-34(2)20-18-26)28-21-29(24-9-5-3-6-10-24)42-30(28)32(37)39-22-40-33(38)41-27-11-7-4-8-12-27/h3-12,21,23,25-26H,13-20,22H2,1-2H3/p+1. The van der Waals surface area contributed by atoms with Gasteiger partial charge in [0.25, 0.3) is 0 Å². The number of likely N-dealkylation sites (tertiary alicyclic amines) is 1. The van der Waals surface area contributed by atoms with Gasteiger partial charge < -0.3 is 24.0 Å². The first kappa shape index (κ1) is 29.8. The summed E-state index contributed by atoms with van der Waals surface area (Å²) in [5.41, 5.74) is 1.54. The minimum atomic E-state index is -0.970. The molecule has 8 nitrogen and oxygen atoms in total. The topological polar surface area (TPSA) is 86.6 Å². The molecule has 9 heteroatoms. The second kappa shape index (κ2) is 14.0. The summed E-state index contributed by atoms with van der Waals surface area (Å²) in [6, 6.07) is 20.3. The Balaban J connectivity index is 1.40. The minimum absolute atomic E-state index is 0.00224. The molecule has 0 bridgehead atoms. The number of para-hydroxylation sites is 1. The quantitative estimate of drug-likeness (QED) is 0.209. The molecule has 1 saturated carbocycles. The maximum atomic E-state index is 14.3. The van der Waals surface area contributed by atoms with Gasteiger partial charge in [0, 0.05) is 29.7 Å². The van der Waals surface area contributed by atoms with Crippen LogP contribution in [0.5, 0.6) is 5.75 Å². The van der Waals surface area contributed by atoms with E-state index in [1.165, 1.54) is 16.2 Å². The van der Waals surface area contributed by atoms with Crippen LogP contribution >= 0.6 is 11.3 Å². The van der Waals surface area contributed by atoms with E-state index in [-0.39, 0.29) is 17.9 Å². The Kier molecular flexibility index (Phi) is 9.92. The summed E-state index contributed by atoms with van der Waals surface area (Å²) in [4.78, 5) is 44.5. The van der Waals surface area contributed by atoms with Crippen LogP contribution in [0.25, 0.3) is 10.4 Å². The zero-order chi connectivity index (χ0) is 29.5. The van der Waals surface area contributed by atoms with Crippen molar-refractivity contribution in [2.45, 2.75) is 51.5 Å². The van der Waals surface area contributed by atoms with Gasteiger partial charge in [0.05, 0.1) is 25.8 Å². The van der Waals surface area contributed by atoms with Crippen LogP contribution in [0, 0.1) is 11.8 Å². The molecule has 2 heterocycles. The maximum Gasteiger partial charge on any atom is 0.516 e. The molecule has 1 saturated heterocycles. The lowest BCUT2D eigenvalue weighted by Crippen LogP contribution is -3.10. The van der Waals surface area contributed by atoms with Crippen LogP contribution in [0.1, 0.15) is 55.1 Å². The first-order valence-corrected chi connectivity index (χ1v) is 15.6. The van der Waals surface area contributed by atoms with E-state index < -0.39 is 18.9 Å². The number of esters is 1. The number of carbonyl (C=O) groups excluding carboxylic acids is 3. The van der Waals surface area contributed by atoms with E-state index >= 15 is 0 Å². The molecule has 2 fully saturated rings. The van der Waals surface area contributed by atoms with E-state index in [0.717, 1.165) is 62.1 Å². The second-order valence-corrected chi connectivity index (χ2v) is 12.5. The van der Waals surface area contributed by atoms with Crippen LogP contribution in [0.15, 0.2) is 66.7 Å². The number of quaternary nitrogens is 1. The molecule has 1 aliphatic carbocycles. The van der Waals surface area contributed by atoms with E-state index in [9.17, 15) is 14.4 Å². The van der Waals surface area contributed by atoms with Crippen molar-refractivity contribution >= 4 is 35.1 Å². The predicted octanol–water partition coefficient (Wildman–Crippen LogP) is 5.58. The fraction of sp³-hybridized carbons (Fsp3) is 0.424. The van der Waals surface area contributed by atoms with Crippen molar-refractivity contribution in [3.8, 4) is 16.2 Å². The van der Waals surface area contributed by atoms with Gasteiger partial charge in [-0.25, -0.2) is 9.59 Å². The Morgan fingerprint density at radius 2 is 1.52 bits per heavy atom. The summed E-state index contributed by atoms with van der Waals surface area (Å²) in [6.07, 6.45) is 4.54. The summed E-state index contributed by atoms with van der Waals surface area (Å²) in [5, 5.41) is 0. The smallest absolute Gasteiger partial charge is 0.423 e. The summed E-state index contributed by atoms with van der Waals surface area (Å²) < 4.78 is 15.6. The molecule has 1 amide bonds. The Labute approximate surface area is 251 Å². The average molecular weight is 592 g/mol. The van der Waals surface area contributed by atoms with Gasteiger partial charge in [-0.3, -0.25) is 4.79 Å². The first-order chi connectivity index (χ1) is 20.4. The van der Waals surface area contributed by atoms with Crippen molar-refractivity contribution in [1.29, 1.82) is 0 Å². The van der Waals surface area contributed by atoms with Crippen LogP contribution in [0.3, 0.4) is 0 Å². The third-order valence-corrected chi connectivity index (χ3v) is 9.46. The molecule has 1 N–H and O–H groups in total. The fourth-order valence-corrected chi connectivity index (χ4v) is 6.86. The Hall–Kier alpha value is -3.69. The molecule has 0 atom stereocenters. The Bertz CT molecular complexity index is 1350. The zero-order valence-electron chi connectivity index (χ0n) is 24.3. The molecule has 0 spiro atoms. The molecule has 0 unspecified atom stereocenters. The molecule has 5 rings (SSSR count). The van der Waals surface area contributed by atoms with E-state index in [4.69, 9.17) is 14.2 Å². The van der Waals surface area contributed by atoms with Crippen molar-refractivity contribution in [2.24, 2.45) is 11.8 Å². The third-order valence-electron chi connectivity index (χ3n) is 8.30. The lowest BCUT2D eigenvalue weighted by atomic mass is 9.82. The van der Waals surface area contributed by atoms with Gasteiger partial charge in [-0.05, 0) is 55.4 Å². The van der Waals surface area contributed by atoms with Gasteiger partial charge >= 0.3 is 12.1 Å². The Morgan fingerprint density at radius 1 is 0.881 bits per heavy atom. The van der Waals surface area contributed by atoms with E-state index in [2.05, 4.69) is 14.0 Å². The van der Waals surface area contributed by atoms with Gasteiger partial charge in [-0.1, -0.05) is 55.5 Å². The Morgan fingerprint density at radius 3 is 2.19 bits per heavy atom. The molecular formula is C33H39N2O6S+. The lowest BCUT2D eigenvalue weighted by Gasteiger charge is -2.38. The summed E-state index contributed by atoms with van der Waals surface area (Å²) in [5.74, 6) is 0.347. The molecule has 1 aliphatic heterocycles. The number of amides is 1. The van der Waals surface area contributed by atoms with E-state index in [1.54, 1.807) is 30.3 Å². The van der Waals surface area contributed by atoms with Crippen LogP contribution in [0.2, 0.25) is 0 Å². The van der Waals surface area contributed by atoms with Gasteiger partial charge in [0.15, 0.2) is 0 Å². The monoisotopic (exact) mass is 591 g/mol. The van der Waals surface area contributed by atoms with Crippen LogP contribution in [-0.2, 0) is 14.3 Å². The number of piperidine rings is 1.